The normalized spacial score (nSPS) is 10.6. The number of hydrogen-bond acceptors (Lipinski definition) is 5. The third-order valence-electron chi connectivity index (χ3n) is 4.23. The van der Waals surface area contributed by atoms with E-state index in [0.717, 1.165) is 0 Å². The lowest BCUT2D eigenvalue weighted by atomic mass is 10.2. The average Bonchev–Trinajstić information content (AvgIpc) is 2.71. The maximum Gasteiger partial charge on any atom is 0.258 e. The molecule has 1 heterocycles. The molecule has 1 amide bonds. The van der Waals surface area contributed by atoms with E-state index in [-0.39, 0.29) is 11.5 Å². The van der Waals surface area contributed by atoms with Gasteiger partial charge in [0.05, 0.1) is 24.6 Å². The van der Waals surface area contributed by atoms with Crippen LogP contribution < -0.4 is 20.3 Å². The first-order chi connectivity index (χ1) is 13.7. The summed E-state index contributed by atoms with van der Waals surface area (Å²) in [5.41, 5.74) is 0.512. The molecule has 1 aromatic heterocycles. The zero-order valence-corrected chi connectivity index (χ0v) is 15.7. The lowest BCUT2D eigenvalue weighted by molar-refractivity contribution is -0.121. The molecule has 0 fully saturated rings. The summed E-state index contributed by atoms with van der Waals surface area (Å²) in [5, 5.41) is 3.39. The van der Waals surface area contributed by atoms with Crippen LogP contribution in [0.15, 0.2) is 53.3 Å². The standard InChI is InChI=1S/C21H23N3O4/c1-27-17-9-4-5-10-18(17)28-14-13-22-20(25)12-6-11-19-23-16-8-3-2-7-15(16)21(26)24-19/h2-5,7-10H,6,11-14H2,1H3,(H,22,25)(H,23,24,26). The molecule has 7 heteroatoms. The van der Waals surface area contributed by atoms with Gasteiger partial charge in [-0.3, -0.25) is 9.59 Å². The maximum absolute atomic E-state index is 12.0. The van der Waals surface area contributed by atoms with Gasteiger partial charge < -0.3 is 19.8 Å². The second-order valence-corrected chi connectivity index (χ2v) is 6.23. The number of fused-ring (bicyclic) bond motifs is 1. The molecule has 0 unspecified atom stereocenters. The molecule has 0 aliphatic rings. The zero-order valence-electron chi connectivity index (χ0n) is 15.7. The van der Waals surface area contributed by atoms with Crippen molar-refractivity contribution in [3.05, 3.63) is 64.7 Å². The highest BCUT2D eigenvalue weighted by Crippen LogP contribution is 2.25. The molecule has 0 aliphatic heterocycles. The predicted octanol–water partition coefficient (Wildman–Crippen LogP) is 2.45. The Morgan fingerprint density at radius 3 is 2.68 bits per heavy atom. The highest BCUT2D eigenvalue weighted by atomic mass is 16.5. The van der Waals surface area contributed by atoms with Crippen LogP contribution in [0.2, 0.25) is 0 Å². The summed E-state index contributed by atoms with van der Waals surface area (Å²) in [7, 11) is 1.58. The molecular formula is C21H23N3O4. The number of nitrogens with zero attached hydrogens (tertiary/aromatic N) is 1. The second kappa shape index (κ2) is 9.55. The molecule has 3 aromatic rings. The van der Waals surface area contributed by atoms with Crippen LogP contribution in [0, 0.1) is 0 Å². The molecule has 0 atom stereocenters. The van der Waals surface area contributed by atoms with E-state index in [1.807, 2.05) is 36.4 Å². The van der Waals surface area contributed by atoms with Crippen LogP contribution in [0.5, 0.6) is 11.5 Å². The Labute approximate surface area is 162 Å². The predicted molar refractivity (Wildman–Crippen MR) is 107 cm³/mol. The van der Waals surface area contributed by atoms with E-state index in [0.29, 0.717) is 60.6 Å². The van der Waals surface area contributed by atoms with Gasteiger partial charge in [-0.1, -0.05) is 24.3 Å². The molecule has 7 nitrogen and oxygen atoms in total. The average molecular weight is 381 g/mol. The van der Waals surface area contributed by atoms with Gasteiger partial charge in [-0.25, -0.2) is 4.98 Å². The summed E-state index contributed by atoms with van der Waals surface area (Å²) in [4.78, 5) is 31.2. The van der Waals surface area contributed by atoms with Gasteiger partial charge in [-0.2, -0.15) is 0 Å². The van der Waals surface area contributed by atoms with Crippen molar-refractivity contribution in [1.29, 1.82) is 0 Å². The fourth-order valence-electron chi connectivity index (χ4n) is 2.85. The molecule has 0 saturated heterocycles. The van der Waals surface area contributed by atoms with Gasteiger partial charge in [0.1, 0.15) is 12.4 Å². The monoisotopic (exact) mass is 381 g/mol. The Morgan fingerprint density at radius 2 is 1.86 bits per heavy atom. The molecule has 28 heavy (non-hydrogen) atoms. The minimum atomic E-state index is -0.154. The number of ether oxygens (including phenoxy) is 2. The van der Waals surface area contributed by atoms with Crippen molar-refractivity contribution >= 4 is 16.8 Å². The second-order valence-electron chi connectivity index (χ2n) is 6.23. The molecule has 0 aliphatic carbocycles. The minimum absolute atomic E-state index is 0.0632. The van der Waals surface area contributed by atoms with Crippen LogP contribution in [-0.2, 0) is 11.2 Å². The van der Waals surface area contributed by atoms with Gasteiger partial charge in [0.2, 0.25) is 5.91 Å². The number of amides is 1. The van der Waals surface area contributed by atoms with Crippen molar-refractivity contribution in [3.8, 4) is 11.5 Å². The molecular weight excluding hydrogens is 358 g/mol. The number of methoxy groups -OCH3 is 1. The summed E-state index contributed by atoms with van der Waals surface area (Å²) in [5.74, 6) is 1.83. The van der Waals surface area contributed by atoms with Crippen molar-refractivity contribution in [2.45, 2.75) is 19.3 Å². The summed E-state index contributed by atoms with van der Waals surface area (Å²) in [6, 6.07) is 14.6. The van der Waals surface area contributed by atoms with E-state index in [9.17, 15) is 9.59 Å². The first kappa shape index (κ1) is 19.4. The molecule has 2 N–H and O–H groups in total. The molecule has 3 rings (SSSR count). The number of aromatic amines is 1. The number of H-pyrrole nitrogens is 1. The Hall–Kier alpha value is -3.35. The van der Waals surface area contributed by atoms with E-state index in [1.54, 1.807) is 19.2 Å². The number of nitrogens with one attached hydrogen (secondary N) is 2. The number of aromatic nitrogens is 2. The maximum atomic E-state index is 12.0. The van der Waals surface area contributed by atoms with Crippen LogP contribution in [0.3, 0.4) is 0 Å². The van der Waals surface area contributed by atoms with E-state index in [2.05, 4.69) is 15.3 Å². The highest BCUT2D eigenvalue weighted by molar-refractivity contribution is 5.77. The lowest BCUT2D eigenvalue weighted by Gasteiger charge is -2.10. The summed E-state index contributed by atoms with van der Waals surface area (Å²) < 4.78 is 10.8. The number of aryl methyl sites for hydroxylation is 1. The van der Waals surface area contributed by atoms with Crippen molar-refractivity contribution in [2.24, 2.45) is 0 Å². The molecule has 146 valence electrons. The van der Waals surface area contributed by atoms with Crippen molar-refractivity contribution in [3.63, 3.8) is 0 Å². The van der Waals surface area contributed by atoms with Gasteiger partial charge in [0.25, 0.3) is 5.56 Å². The quantitative estimate of drug-likeness (QED) is 0.556. The van der Waals surface area contributed by atoms with E-state index >= 15 is 0 Å². The third kappa shape index (κ3) is 5.09. The van der Waals surface area contributed by atoms with E-state index in [4.69, 9.17) is 9.47 Å². The van der Waals surface area contributed by atoms with Gasteiger partial charge in [0.15, 0.2) is 11.5 Å². The summed E-state index contributed by atoms with van der Waals surface area (Å²) in [6.07, 6.45) is 1.48. The number of para-hydroxylation sites is 3. The largest absolute Gasteiger partial charge is 0.493 e. The molecule has 0 saturated carbocycles. The number of hydrogen-bond donors (Lipinski definition) is 2. The van der Waals surface area contributed by atoms with Crippen molar-refractivity contribution in [1.82, 2.24) is 15.3 Å². The van der Waals surface area contributed by atoms with E-state index in [1.165, 1.54) is 0 Å². The summed E-state index contributed by atoms with van der Waals surface area (Å²) >= 11 is 0. The minimum Gasteiger partial charge on any atom is -0.493 e. The fourth-order valence-corrected chi connectivity index (χ4v) is 2.85. The Morgan fingerprint density at radius 1 is 1.11 bits per heavy atom. The van der Waals surface area contributed by atoms with Crippen LogP contribution in [0.4, 0.5) is 0 Å². The fraction of sp³-hybridized carbons (Fsp3) is 0.286. The molecule has 2 aromatic carbocycles. The number of carbonyl (C=O) groups is 1. The van der Waals surface area contributed by atoms with Crippen LogP contribution >= 0.6 is 0 Å². The lowest BCUT2D eigenvalue weighted by Crippen LogP contribution is -2.28. The Bertz CT molecular complexity index is 1000. The summed E-state index contributed by atoms with van der Waals surface area (Å²) in [6.45, 7) is 0.758. The number of rotatable bonds is 9. The molecule has 0 spiro atoms. The Kier molecular flexibility index (Phi) is 6.62. The Balaban J connectivity index is 1.40. The van der Waals surface area contributed by atoms with Crippen LogP contribution in [0.25, 0.3) is 10.9 Å². The third-order valence-corrected chi connectivity index (χ3v) is 4.23. The first-order valence-electron chi connectivity index (χ1n) is 9.18. The van der Waals surface area contributed by atoms with Crippen LogP contribution in [0.1, 0.15) is 18.7 Å². The van der Waals surface area contributed by atoms with Crippen molar-refractivity contribution in [2.75, 3.05) is 20.3 Å². The van der Waals surface area contributed by atoms with Crippen molar-refractivity contribution < 1.29 is 14.3 Å². The van der Waals surface area contributed by atoms with Gasteiger partial charge in [-0.05, 0) is 30.7 Å². The molecule has 0 radical (unpaired) electrons. The highest BCUT2D eigenvalue weighted by Gasteiger charge is 2.06. The smallest absolute Gasteiger partial charge is 0.258 e. The topological polar surface area (TPSA) is 93.3 Å². The van der Waals surface area contributed by atoms with Crippen LogP contribution in [-0.4, -0.2) is 36.1 Å². The SMILES string of the molecule is COc1ccccc1OCCNC(=O)CCCc1nc2ccccc2c(=O)[nH]1. The number of benzene rings is 2. The number of carbonyl (C=O) groups excluding carboxylic acids is 1. The molecule has 0 bridgehead atoms. The van der Waals surface area contributed by atoms with Gasteiger partial charge in [-0.15, -0.1) is 0 Å². The van der Waals surface area contributed by atoms with E-state index < -0.39 is 0 Å². The van der Waals surface area contributed by atoms with Gasteiger partial charge >= 0.3 is 0 Å². The van der Waals surface area contributed by atoms with Gasteiger partial charge in [0, 0.05) is 12.8 Å². The first-order valence-corrected chi connectivity index (χ1v) is 9.18. The zero-order chi connectivity index (χ0) is 19.8.